The van der Waals surface area contributed by atoms with Gasteiger partial charge in [0, 0.05) is 0 Å². The van der Waals surface area contributed by atoms with Gasteiger partial charge in [-0.3, -0.25) is 9.59 Å². The van der Waals surface area contributed by atoms with Gasteiger partial charge in [-0.1, -0.05) is 53.8 Å². The molecule has 4 aromatic rings. The lowest BCUT2D eigenvalue weighted by molar-refractivity contribution is -0.143. The van der Waals surface area contributed by atoms with Crippen molar-refractivity contribution in [3.8, 4) is 5.75 Å². The first-order valence-electron chi connectivity index (χ1n) is 9.57. The lowest BCUT2D eigenvalue weighted by Crippen LogP contribution is -2.24. The number of benzene rings is 3. The van der Waals surface area contributed by atoms with Crippen molar-refractivity contribution in [2.45, 2.75) is 13.5 Å². The molecular weight excluding hydrogens is 400 g/mol. The number of para-hydroxylation sites is 1. The zero-order chi connectivity index (χ0) is 20.9. The summed E-state index contributed by atoms with van der Waals surface area (Å²) in [5.74, 6) is -0.192. The molecule has 4 rings (SSSR count). The number of nitrogens with zero attached hydrogens (tertiary/aromatic N) is 2. The number of carbonyl (C=O) groups excluding carboxylic acids is 2. The molecule has 0 atom stereocenters. The summed E-state index contributed by atoms with van der Waals surface area (Å²) in [6.45, 7) is 1.86. The largest absolute Gasteiger partial charge is 0.484 e. The molecule has 1 amide bonds. The predicted molar refractivity (Wildman–Crippen MR) is 116 cm³/mol. The minimum absolute atomic E-state index is 0.00447. The summed E-state index contributed by atoms with van der Waals surface area (Å²) >= 11 is 1.35. The number of hydrogen-bond acceptors (Lipinski definition) is 5. The van der Waals surface area contributed by atoms with Crippen LogP contribution in [-0.2, 0) is 20.9 Å². The minimum atomic E-state index is -0.424. The molecule has 0 saturated heterocycles. The van der Waals surface area contributed by atoms with Gasteiger partial charge in [-0.25, -0.2) is 0 Å². The number of thiazole rings is 1. The van der Waals surface area contributed by atoms with Crippen molar-refractivity contribution < 1.29 is 19.1 Å². The van der Waals surface area contributed by atoms with Gasteiger partial charge >= 0.3 is 5.97 Å². The van der Waals surface area contributed by atoms with Crippen LogP contribution in [0, 0.1) is 0 Å². The van der Waals surface area contributed by atoms with Crippen molar-refractivity contribution >= 4 is 44.2 Å². The highest BCUT2D eigenvalue weighted by Gasteiger charge is 2.12. The van der Waals surface area contributed by atoms with Crippen LogP contribution in [0.2, 0.25) is 0 Å². The molecule has 0 unspecified atom stereocenters. The normalized spacial score (nSPS) is 11.7. The Kier molecular flexibility index (Phi) is 5.90. The Balaban J connectivity index is 1.56. The summed E-state index contributed by atoms with van der Waals surface area (Å²) in [6, 6.07) is 21.2. The van der Waals surface area contributed by atoms with Gasteiger partial charge in [0.1, 0.15) is 12.3 Å². The second-order valence-corrected chi connectivity index (χ2v) is 7.56. The molecule has 7 heteroatoms. The maximum absolute atomic E-state index is 12.5. The maximum atomic E-state index is 12.5. The highest BCUT2D eigenvalue weighted by Crippen LogP contribution is 2.20. The SMILES string of the molecule is CCOC(=O)Cn1c(=NC(=O)COc2ccc3ccccc3c2)sc2ccccc21. The van der Waals surface area contributed by atoms with E-state index in [2.05, 4.69) is 4.99 Å². The van der Waals surface area contributed by atoms with E-state index in [1.54, 1.807) is 11.5 Å². The van der Waals surface area contributed by atoms with Crippen LogP contribution in [0.25, 0.3) is 21.0 Å². The third-order valence-electron chi connectivity index (χ3n) is 4.48. The molecule has 0 bridgehead atoms. The average molecular weight is 420 g/mol. The third kappa shape index (κ3) is 4.41. The van der Waals surface area contributed by atoms with E-state index in [1.165, 1.54) is 11.3 Å². The van der Waals surface area contributed by atoms with Gasteiger partial charge in [-0.05, 0) is 42.0 Å². The quantitative estimate of drug-likeness (QED) is 0.443. The van der Waals surface area contributed by atoms with Crippen LogP contribution < -0.4 is 9.54 Å². The van der Waals surface area contributed by atoms with Crippen molar-refractivity contribution in [3.63, 3.8) is 0 Å². The first-order chi connectivity index (χ1) is 14.6. The highest BCUT2D eigenvalue weighted by molar-refractivity contribution is 7.16. The second-order valence-electron chi connectivity index (χ2n) is 6.55. The van der Waals surface area contributed by atoms with Crippen molar-refractivity contribution in [1.82, 2.24) is 4.57 Å². The molecular formula is C23H20N2O4S. The molecule has 6 nitrogen and oxygen atoms in total. The van der Waals surface area contributed by atoms with Crippen molar-refractivity contribution in [2.75, 3.05) is 13.2 Å². The Hall–Kier alpha value is -3.45. The number of fused-ring (bicyclic) bond motifs is 2. The first kappa shape index (κ1) is 19.8. The van der Waals surface area contributed by atoms with Crippen molar-refractivity contribution in [1.29, 1.82) is 0 Å². The molecule has 3 aromatic carbocycles. The van der Waals surface area contributed by atoms with Crippen molar-refractivity contribution in [3.05, 3.63) is 71.5 Å². The van der Waals surface area contributed by atoms with E-state index >= 15 is 0 Å². The van der Waals surface area contributed by atoms with Gasteiger partial charge in [0.15, 0.2) is 11.4 Å². The zero-order valence-corrected chi connectivity index (χ0v) is 17.2. The predicted octanol–water partition coefficient (Wildman–Crippen LogP) is 3.93. The molecule has 0 aliphatic carbocycles. The van der Waals surface area contributed by atoms with Gasteiger partial charge in [-0.15, -0.1) is 0 Å². The Bertz CT molecular complexity index is 1290. The van der Waals surface area contributed by atoms with E-state index < -0.39 is 5.91 Å². The van der Waals surface area contributed by atoms with E-state index in [0.29, 0.717) is 17.2 Å². The molecule has 0 aliphatic rings. The number of rotatable bonds is 6. The highest BCUT2D eigenvalue weighted by atomic mass is 32.1. The number of amides is 1. The van der Waals surface area contributed by atoms with E-state index in [-0.39, 0.29) is 19.1 Å². The van der Waals surface area contributed by atoms with Crippen LogP contribution in [0.1, 0.15) is 6.92 Å². The molecule has 0 aliphatic heterocycles. The van der Waals surface area contributed by atoms with Gasteiger partial charge in [0.25, 0.3) is 5.91 Å². The summed E-state index contributed by atoms with van der Waals surface area (Å²) in [7, 11) is 0. The summed E-state index contributed by atoms with van der Waals surface area (Å²) in [4.78, 5) is 29.1. The lowest BCUT2D eigenvalue weighted by Gasteiger charge is -2.06. The van der Waals surface area contributed by atoms with Gasteiger partial charge in [-0.2, -0.15) is 4.99 Å². The van der Waals surface area contributed by atoms with Crippen LogP contribution in [0.15, 0.2) is 71.7 Å². The third-order valence-corrected chi connectivity index (χ3v) is 5.54. The first-order valence-corrected chi connectivity index (χ1v) is 10.4. The van der Waals surface area contributed by atoms with Crippen LogP contribution in [0.5, 0.6) is 5.75 Å². The standard InChI is InChI=1S/C23H20N2O4S/c1-2-28-22(27)14-25-19-9-5-6-10-20(19)30-23(25)24-21(26)15-29-18-12-11-16-7-3-4-8-17(16)13-18/h3-13H,2,14-15H2,1H3. The number of ether oxygens (including phenoxy) is 2. The number of hydrogen-bond donors (Lipinski definition) is 0. The Morgan fingerprint density at radius 1 is 1.00 bits per heavy atom. The lowest BCUT2D eigenvalue weighted by atomic mass is 10.1. The summed E-state index contributed by atoms with van der Waals surface area (Å²) in [5, 5.41) is 2.14. The van der Waals surface area contributed by atoms with Crippen LogP contribution >= 0.6 is 11.3 Å². The summed E-state index contributed by atoms with van der Waals surface area (Å²) in [5.41, 5.74) is 0.831. The minimum Gasteiger partial charge on any atom is -0.484 e. The average Bonchev–Trinajstić information content (AvgIpc) is 3.09. The zero-order valence-electron chi connectivity index (χ0n) is 16.4. The molecule has 152 valence electrons. The molecule has 0 saturated carbocycles. The number of carbonyl (C=O) groups is 2. The summed E-state index contributed by atoms with van der Waals surface area (Å²) in [6.07, 6.45) is 0. The van der Waals surface area contributed by atoms with Gasteiger partial charge in [0.2, 0.25) is 0 Å². The second kappa shape index (κ2) is 8.92. The molecule has 0 radical (unpaired) electrons. The Labute approximate surface area is 177 Å². The van der Waals surface area contributed by atoms with Crippen molar-refractivity contribution in [2.24, 2.45) is 4.99 Å². The van der Waals surface area contributed by atoms with E-state index in [1.807, 2.05) is 66.7 Å². The van der Waals surface area contributed by atoms with E-state index in [9.17, 15) is 9.59 Å². The fourth-order valence-corrected chi connectivity index (χ4v) is 4.18. The molecule has 0 fully saturated rings. The van der Waals surface area contributed by atoms with E-state index in [4.69, 9.17) is 9.47 Å². The van der Waals surface area contributed by atoms with Crippen LogP contribution in [0.4, 0.5) is 0 Å². The molecule has 0 spiro atoms. The molecule has 1 aromatic heterocycles. The monoisotopic (exact) mass is 420 g/mol. The molecule has 30 heavy (non-hydrogen) atoms. The smallest absolute Gasteiger partial charge is 0.326 e. The molecule has 0 N–H and O–H groups in total. The van der Waals surface area contributed by atoms with Gasteiger partial charge < -0.3 is 14.0 Å². The number of esters is 1. The van der Waals surface area contributed by atoms with Crippen LogP contribution in [-0.4, -0.2) is 29.7 Å². The summed E-state index contributed by atoms with van der Waals surface area (Å²) < 4.78 is 13.3. The van der Waals surface area contributed by atoms with E-state index in [0.717, 1.165) is 21.0 Å². The molecule has 1 heterocycles. The Morgan fingerprint density at radius 2 is 1.77 bits per heavy atom. The topological polar surface area (TPSA) is 69.9 Å². The maximum Gasteiger partial charge on any atom is 0.326 e. The van der Waals surface area contributed by atoms with Crippen LogP contribution in [0.3, 0.4) is 0 Å². The number of aromatic nitrogens is 1. The fourth-order valence-electron chi connectivity index (χ4n) is 3.14. The van der Waals surface area contributed by atoms with Gasteiger partial charge in [0.05, 0.1) is 16.8 Å². The Morgan fingerprint density at radius 3 is 2.60 bits per heavy atom. The fraction of sp³-hybridized carbons (Fsp3) is 0.174.